The first-order chi connectivity index (χ1) is 14.2. The van der Waals surface area contributed by atoms with Gasteiger partial charge in [-0.15, -0.1) is 0 Å². The average molecular weight is 415 g/mol. The van der Waals surface area contributed by atoms with E-state index < -0.39 is 6.23 Å². The number of nitrogens with zero attached hydrogens (tertiary/aromatic N) is 3. The molecule has 1 aliphatic heterocycles. The molecular weight excluding hydrogens is 388 g/mol. The molecule has 0 saturated heterocycles. The van der Waals surface area contributed by atoms with Crippen LogP contribution in [0.1, 0.15) is 6.92 Å². The van der Waals surface area contributed by atoms with Gasteiger partial charge in [-0.1, -0.05) is 11.8 Å². The molecule has 3 aromatic rings. The van der Waals surface area contributed by atoms with Crippen molar-refractivity contribution in [2.24, 2.45) is 0 Å². The molecule has 5 N–H and O–H groups in total. The molecule has 9 heteroatoms. The molecule has 0 spiro atoms. The van der Waals surface area contributed by atoms with Gasteiger partial charge in [0.15, 0.2) is 0 Å². The van der Waals surface area contributed by atoms with Crippen molar-refractivity contribution in [3.05, 3.63) is 30.6 Å². The summed E-state index contributed by atoms with van der Waals surface area (Å²) in [6.45, 7) is 5.27. The molecule has 1 atom stereocenters. The van der Waals surface area contributed by atoms with E-state index in [0.29, 0.717) is 19.6 Å². The topological polar surface area (TPSA) is 107 Å². The lowest BCUT2D eigenvalue weighted by molar-refractivity contribution is 0.159. The highest BCUT2D eigenvalue weighted by atomic mass is 32.2. The van der Waals surface area contributed by atoms with Gasteiger partial charge in [0.05, 0.1) is 18.7 Å². The number of anilines is 1. The van der Waals surface area contributed by atoms with E-state index in [-0.39, 0.29) is 6.61 Å². The van der Waals surface area contributed by atoms with Crippen molar-refractivity contribution in [1.29, 1.82) is 0 Å². The Balaban J connectivity index is 1.67. The number of aromatic nitrogens is 3. The first-order valence-electron chi connectivity index (χ1n) is 9.81. The lowest BCUT2D eigenvalue weighted by atomic mass is 10.1. The molecule has 0 amide bonds. The van der Waals surface area contributed by atoms with Crippen LogP contribution in [0, 0.1) is 0 Å². The summed E-state index contributed by atoms with van der Waals surface area (Å²) in [6.07, 6.45) is 3.18. The molecule has 154 valence electrons. The summed E-state index contributed by atoms with van der Waals surface area (Å²) in [4.78, 5) is 6.62. The molecule has 0 aliphatic carbocycles. The Kier molecular flexibility index (Phi) is 6.31. The number of nitrogens with one attached hydrogen (secondary N) is 3. The minimum absolute atomic E-state index is 0.129. The molecule has 1 unspecified atom stereocenters. The number of hydrogen-bond acceptors (Lipinski definition) is 8. The second-order valence-corrected chi connectivity index (χ2v) is 7.96. The van der Waals surface area contributed by atoms with Crippen LogP contribution in [-0.4, -0.2) is 64.0 Å². The molecule has 1 aromatic carbocycles. The molecule has 4 rings (SSSR count). The van der Waals surface area contributed by atoms with Crippen molar-refractivity contribution in [2.45, 2.75) is 29.5 Å². The van der Waals surface area contributed by atoms with Gasteiger partial charge in [0.1, 0.15) is 11.9 Å². The number of aliphatic hydroxyl groups is 2. The first kappa shape index (κ1) is 20.1. The Labute approximate surface area is 173 Å². The summed E-state index contributed by atoms with van der Waals surface area (Å²) in [6, 6.07) is 6.23. The Morgan fingerprint density at radius 2 is 2.07 bits per heavy atom. The fourth-order valence-corrected chi connectivity index (χ4v) is 4.63. The fourth-order valence-electron chi connectivity index (χ4n) is 3.47. The molecule has 3 heterocycles. The molecule has 0 fully saturated rings. The van der Waals surface area contributed by atoms with Crippen LogP contribution in [0.5, 0.6) is 0 Å². The van der Waals surface area contributed by atoms with Gasteiger partial charge < -0.3 is 20.8 Å². The van der Waals surface area contributed by atoms with Crippen molar-refractivity contribution >= 4 is 28.4 Å². The Bertz CT molecular complexity index is 991. The van der Waals surface area contributed by atoms with E-state index in [1.165, 1.54) is 4.90 Å². The third-order valence-electron chi connectivity index (χ3n) is 4.79. The van der Waals surface area contributed by atoms with Gasteiger partial charge >= 0.3 is 0 Å². The molecule has 0 bridgehead atoms. The van der Waals surface area contributed by atoms with E-state index in [1.54, 1.807) is 18.7 Å². The number of benzene rings is 1. The molecule has 29 heavy (non-hydrogen) atoms. The van der Waals surface area contributed by atoms with Gasteiger partial charge in [-0.05, 0) is 25.1 Å². The van der Waals surface area contributed by atoms with E-state index in [9.17, 15) is 5.11 Å². The standard InChI is InChI=1S/C20H26N6O2S/c1-13(28)23-6-7-24-15-2-3-16-18-19(25-26(16)10-8-21-9-11-27)14-12-22-5-4-17(14)29-20(15)18/h2-5,12-13,21,23-24,27-28H,6-11H2,1H3. The second-order valence-electron chi connectivity index (χ2n) is 6.91. The zero-order valence-corrected chi connectivity index (χ0v) is 17.2. The van der Waals surface area contributed by atoms with E-state index in [1.807, 2.05) is 23.1 Å². The lowest BCUT2D eigenvalue weighted by Crippen LogP contribution is -2.30. The molecular formula is C20H26N6O2S. The van der Waals surface area contributed by atoms with Crippen LogP contribution in [0.15, 0.2) is 40.4 Å². The van der Waals surface area contributed by atoms with Crippen LogP contribution in [0.25, 0.3) is 22.2 Å². The van der Waals surface area contributed by atoms with E-state index in [2.05, 4.69) is 33.1 Å². The van der Waals surface area contributed by atoms with Crippen LogP contribution < -0.4 is 16.0 Å². The minimum atomic E-state index is -0.518. The van der Waals surface area contributed by atoms with Gasteiger partial charge in [-0.3, -0.25) is 15.0 Å². The Hall–Kier alpha value is -2.17. The summed E-state index contributed by atoms with van der Waals surface area (Å²) in [5, 5.41) is 34.1. The minimum Gasteiger partial charge on any atom is -0.395 e. The number of aliphatic hydroxyl groups excluding tert-OH is 2. The lowest BCUT2D eigenvalue weighted by Gasteiger charge is -2.19. The summed E-state index contributed by atoms with van der Waals surface area (Å²) in [5.41, 5.74) is 4.18. The molecule has 0 saturated carbocycles. The second kappa shape index (κ2) is 9.10. The highest BCUT2D eigenvalue weighted by Gasteiger charge is 2.26. The smallest absolute Gasteiger partial charge is 0.104 e. The van der Waals surface area contributed by atoms with Gasteiger partial charge in [0.2, 0.25) is 0 Å². The zero-order chi connectivity index (χ0) is 20.2. The fraction of sp³-hybridized carbons (Fsp3) is 0.400. The maximum absolute atomic E-state index is 9.37. The summed E-state index contributed by atoms with van der Waals surface area (Å²) >= 11 is 1.74. The van der Waals surface area contributed by atoms with Crippen LogP contribution in [0.4, 0.5) is 5.69 Å². The van der Waals surface area contributed by atoms with E-state index in [4.69, 9.17) is 10.2 Å². The normalized spacial score (nSPS) is 13.5. The molecule has 0 radical (unpaired) electrons. The maximum Gasteiger partial charge on any atom is 0.104 e. The van der Waals surface area contributed by atoms with Crippen molar-refractivity contribution in [1.82, 2.24) is 25.4 Å². The third-order valence-corrected chi connectivity index (χ3v) is 5.99. The average Bonchev–Trinajstić information content (AvgIpc) is 3.10. The quantitative estimate of drug-likeness (QED) is 0.196. The highest BCUT2D eigenvalue weighted by Crippen LogP contribution is 2.49. The maximum atomic E-state index is 9.37. The van der Waals surface area contributed by atoms with Crippen molar-refractivity contribution < 1.29 is 10.2 Å². The van der Waals surface area contributed by atoms with Gasteiger partial charge in [-0.25, -0.2) is 0 Å². The first-order valence-corrected chi connectivity index (χ1v) is 10.6. The highest BCUT2D eigenvalue weighted by molar-refractivity contribution is 8.00. The van der Waals surface area contributed by atoms with Crippen LogP contribution in [0.2, 0.25) is 0 Å². The van der Waals surface area contributed by atoms with E-state index in [0.717, 1.165) is 45.8 Å². The predicted octanol–water partition coefficient (Wildman–Crippen LogP) is 1.48. The number of fused-ring (bicyclic) bond motifs is 2. The monoisotopic (exact) mass is 414 g/mol. The van der Waals surface area contributed by atoms with Gasteiger partial charge in [0, 0.05) is 65.0 Å². The summed E-state index contributed by atoms with van der Waals surface area (Å²) < 4.78 is 2.03. The number of pyridine rings is 1. The van der Waals surface area contributed by atoms with E-state index >= 15 is 0 Å². The van der Waals surface area contributed by atoms with Crippen LogP contribution >= 0.6 is 11.8 Å². The summed E-state index contributed by atoms with van der Waals surface area (Å²) in [7, 11) is 0. The SMILES string of the molecule is CC(O)NCCNc1ccc2c3c(nn2CCNCCO)-c2cnccc2Sc13. The molecule has 1 aliphatic rings. The Morgan fingerprint density at radius 1 is 1.17 bits per heavy atom. The number of hydrogen-bond donors (Lipinski definition) is 5. The van der Waals surface area contributed by atoms with Crippen LogP contribution in [0.3, 0.4) is 0 Å². The van der Waals surface area contributed by atoms with Crippen molar-refractivity contribution in [2.75, 3.05) is 38.1 Å². The summed E-state index contributed by atoms with van der Waals surface area (Å²) in [5.74, 6) is 0. The number of rotatable bonds is 10. The van der Waals surface area contributed by atoms with Gasteiger partial charge in [-0.2, -0.15) is 5.10 Å². The van der Waals surface area contributed by atoms with Crippen LogP contribution in [-0.2, 0) is 6.54 Å². The zero-order valence-electron chi connectivity index (χ0n) is 16.4. The molecule has 8 nitrogen and oxygen atoms in total. The van der Waals surface area contributed by atoms with Gasteiger partial charge in [0.25, 0.3) is 0 Å². The Morgan fingerprint density at radius 3 is 2.90 bits per heavy atom. The van der Waals surface area contributed by atoms with Crippen molar-refractivity contribution in [3.8, 4) is 11.3 Å². The molecule has 2 aromatic heterocycles. The van der Waals surface area contributed by atoms with Crippen molar-refractivity contribution in [3.63, 3.8) is 0 Å². The predicted molar refractivity (Wildman–Crippen MR) is 115 cm³/mol. The third kappa shape index (κ3) is 4.24. The largest absolute Gasteiger partial charge is 0.395 e.